The van der Waals surface area contributed by atoms with Gasteiger partial charge in [0.2, 0.25) is 24.1 Å². The second kappa shape index (κ2) is 9.13. The van der Waals surface area contributed by atoms with Gasteiger partial charge in [-0.2, -0.15) is 0 Å². The first-order chi connectivity index (χ1) is 13.7. The lowest BCUT2D eigenvalue weighted by molar-refractivity contribution is -0.142. The van der Waals surface area contributed by atoms with E-state index in [1.54, 1.807) is 18.2 Å². The van der Waals surface area contributed by atoms with E-state index in [1.807, 2.05) is 19.9 Å². The number of anilines is 1. The van der Waals surface area contributed by atoms with Crippen molar-refractivity contribution in [1.82, 2.24) is 15.5 Å². The Morgan fingerprint density at radius 2 is 2.00 bits per heavy atom. The smallest absolute Gasteiger partial charge is 0.249 e. The maximum absolute atomic E-state index is 12.5. The summed E-state index contributed by atoms with van der Waals surface area (Å²) in [5.74, 6) is -1.46. The molecule has 0 aromatic heterocycles. The van der Waals surface area contributed by atoms with Gasteiger partial charge in [0.25, 0.3) is 0 Å². The number of hydrogen-bond acceptors (Lipinski definition) is 6. The van der Waals surface area contributed by atoms with Gasteiger partial charge in [0, 0.05) is 25.2 Å². The van der Waals surface area contributed by atoms with E-state index in [9.17, 15) is 24.0 Å². The molecule has 154 valence electrons. The highest BCUT2D eigenvalue weighted by Gasteiger charge is 2.31. The van der Waals surface area contributed by atoms with E-state index in [0.29, 0.717) is 18.4 Å². The van der Waals surface area contributed by atoms with Gasteiger partial charge in [0.05, 0.1) is 11.2 Å². The molecule has 1 saturated heterocycles. The number of carbonyl (C=O) groups is 5. The van der Waals surface area contributed by atoms with Gasteiger partial charge < -0.3 is 15.5 Å². The molecule has 9 nitrogen and oxygen atoms in total. The fraction of sp³-hybridized carbons (Fsp3) is 0.350. The van der Waals surface area contributed by atoms with Crippen LogP contribution in [0.1, 0.15) is 32.3 Å². The molecule has 2 rings (SSSR count). The average molecular weight is 400 g/mol. The van der Waals surface area contributed by atoms with Crippen molar-refractivity contribution >= 4 is 36.1 Å². The molecule has 1 atom stereocenters. The summed E-state index contributed by atoms with van der Waals surface area (Å²) in [5.41, 5.74) is 0.740. The van der Waals surface area contributed by atoms with E-state index in [-0.39, 0.29) is 24.4 Å². The summed E-state index contributed by atoms with van der Waals surface area (Å²) in [6.07, 6.45) is 2.58. The minimum atomic E-state index is -0.775. The second-order valence-electron chi connectivity index (χ2n) is 7.23. The summed E-state index contributed by atoms with van der Waals surface area (Å²) in [5, 5.41) is 7.77. The molecule has 1 unspecified atom stereocenters. The molecular formula is C20H24N4O5. The third-order valence-electron chi connectivity index (χ3n) is 4.72. The molecule has 0 spiro atoms. The van der Waals surface area contributed by atoms with E-state index < -0.39 is 23.4 Å². The Hall–Kier alpha value is -3.49. The first kappa shape index (κ1) is 21.8. The Labute approximate surface area is 168 Å². The summed E-state index contributed by atoms with van der Waals surface area (Å²) >= 11 is 0. The minimum absolute atomic E-state index is 0.00690. The maximum atomic E-state index is 12.5. The third kappa shape index (κ3) is 5.50. The quantitative estimate of drug-likeness (QED) is 0.330. The highest BCUT2D eigenvalue weighted by Crippen LogP contribution is 2.23. The van der Waals surface area contributed by atoms with Crippen LogP contribution in [-0.4, -0.2) is 48.4 Å². The van der Waals surface area contributed by atoms with Crippen LogP contribution in [0.3, 0.4) is 0 Å². The van der Waals surface area contributed by atoms with Crippen molar-refractivity contribution in [2.75, 3.05) is 12.4 Å². The second-order valence-corrected chi connectivity index (χ2v) is 7.23. The number of nitrogens with one attached hydrogen (secondary N) is 3. The molecule has 29 heavy (non-hydrogen) atoms. The van der Waals surface area contributed by atoms with Crippen LogP contribution in [0.5, 0.6) is 0 Å². The van der Waals surface area contributed by atoms with Gasteiger partial charge >= 0.3 is 0 Å². The molecule has 1 heterocycles. The summed E-state index contributed by atoms with van der Waals surface area (Å²) < 4.78 is 0. The molecule has 0 saturated carbocycles. The highest BCUT2D eigenvalue weighted by atomic mass is 16.2. The molecule has 1 aliphatic rings. The van der Waals surface area contributed by atoms with E-state index in [4.69, 9.17) is 0 Å². The van der Waals surface area contributed by atoms with Gasteiger partial charge in [0.1, 0.15) is 6.04 Å². The first-order valence-electron chi connectivity index (χ1n) is 9.04. The predicted octanol–water partition coefficient (Wildman–Crippen LogP) is 0.426. The molecule has 0 aliphatic carbocycles. The average Bonchev–Trinajstić information content (AvgIpc) is 2.67. The SMILES string of the molecule is CN(C(=O)/C=C(\C=O)Nc1cccc(C(C)(C)NC=O)c1)C1CCC(=O)NC1=O. The first-order valence-corrected chi connectivity index (χ1v) is 9.04. The van der Waals surface area contributed by atoms with Crippen LogP contribution in [0.25, 0.3) is 0 Å². The van der Waals surface area contributed by atoms with Crippen molar-refractivity contribution in [1.29, 1.82) is 0 Å². The Balaban J connectivity index is 2.15. The molecule has 1 aromatic rings. The summed E-state index contributed by atoms with van der Waals surface area (Å²) in [6.45, 7) is 3.66. The van der Waals surface area contributed by atoms with Crippen molar-refractivity contribution in [3.63, 3.8) is 0 Å². The standard InChI is InChI=1S/C20H24N4O5/c1-20(2,21-12-26)13-5-4-6-14(9-13)22-15(11-25)10-18(28)24(3)16-7-8-17(27)23-19(16)29/h4-6,9-12,16,22H,7-8H2,1-3H3,(H,21,26)(H,23,27,29)/b15-10+. The summed E-state index contributed by atoms with van der Waals surface area (Å²) in [7, 11) is 1.44. The molecule has 9 heteroatoms. The van der Waals surface area contributed by atoms with Gasteiger partial charge in [-0.15, -0.1) is 0 Å². The molecule has 1 aliphatic heterocycles. The van der Waals surface area contributed by atoms with E-state index >= 15 is 0 Å². The molecule has 3 N–H and O–H groups in total. The normalized spacial score (nSPS) is 17.2. The molecule has 0 bridgehead atoms. The molecule has 1 aromatic carbocycles. The van der Waals surface area contributed by atoms with Crippen LogP contribution < -0.4 is 16.0 Å². The monoisotopic (exact) mass is 400 g/mol. The largest absolute Gasteiger partial charge is 0.353 e. The van der Waals surface area contributed by atoms with E-state index in [2.05, 4.69) is 16.0 Å². The maximum Gasteiger partial charge on any atom is 0.249 e. The van der Waals surface area contributed by atoms with Crippen molar-refractivity contribution in [2.45, 2.75) is 38.3 Å². The van der Waals surface area contributed by atoms with E-state index in [0.717, 1.165) is 11.6 Å². The van der Waals surface area contributed by atoms with Gasteiger partial charge in [-0.05, 0) is 38.0 Å². The van der Waals surface area contributed by atoms with Crippen LogP contribution >= 0.6 is 0 Å². The lowest BCUT2D eigenvalue weighted by atomic mass is 9.94. The van der Waals surface area contributed by atoms with Crippen molar-refractivity contribution in [2.24, 2.45) is 0 Å². The third-order valence-corrected chi connectivity index (χ3v) is 4.72. The zero-order chi connectivity index (χ0) is 21.6. The van der Waals surface area contributed by atoms with Gasteiger partial charge in [-0.1, -0.05) is 12.1 Å². The number of benzene rings is 1. The number of piperidine rings is 1. The number of amides is 4. The van der Waals surface area contributed by atoms with Crippen LogP contribution in [0.4, 0.5) is 5.69 Å². The minimum Gasteiger partial charge on any atom is -0.353 e. The molecule has 0 radical (unpaired) electrons. The highest BCUT2D eigenvalue weighted by molar-refractivity contribution is 6.03. The number of carbonyl (C=O) groups excluding carboxylic acids is 5. The zero-order valence-corrected chi connectivity index (χ0v) is 16.5. The number of aldehydes is 1. The van der Waals surface area contributed by atoms with Crippen molar-refractivity contribution in [3.8, 4) is 0 Å². The predicted molar refractivity (Wildman–Crippen MR) is 105 cm³/mol. The number of imide groups is 1. The summed E-state index contributed by atoms with van der Waals surface area (Å²) in [6, 6.07) is 6.27. The Morgan fingerprint density at radius 1 is 1.28 bits per heavy atom. The lowest BCUT2D eigenvalue weighted by Crippen LogP contribution is -2.52. The topological polar surface area (TPSA) is 125 Å². The van der Waals surface area contributed by atoms with Crippen LogP contribution in [0, 0.1) is 0 Å². The van der Waals surface area contributed by atoms with Crippen LogP contribution in [0.15, 0.2) is 36.0 Å². The van der Waals surface area contributed by atoms with Gasteiger partial charge in [-0.3, -0.25) is 29.3 Å². The summed E-state index contributed by atoms with van der Waals surface area (Å²) in [4.78, 5) is 59.1. The molecule has 1 fully saturated rings. The van der Waals surface area contributed by atoms with Crippen molar-refractivity contribution < 1.29 is 24.0 Å². The molecular weight excluding hydrogens is 376 g/mol. The van der Waals surface area contributed by atoms with E-state index in [1.165, 1.54) is 11.9 Å². The number of rotatable bonds is 8. The van der Waals surface area contributed by atoms with Gasteiger partial charge in [0.15, 0.2) is 6.29 Å². The lowest BCUT2D eigenvalue weighted by Gasteiger charge is -2.29. The number of likely N-dealkylation sites (N-methyl/N-ethyl adjacent to an activating group) is 1. The van der Waals surface area contributed by atoms with Gasteiger partial charge in [-0.25, -0.2) is 0 Å². The Kier molecular flexibility index (Phi) is 6.87. The Bertz CT molecular complexity index is 862. The fourth-order valence-electron chi connectivity index (χ4n) is 2.92. The fourth-order valence-corrected chi connectivity index (χ4v) is 2.92. The number of hydrogen-bond donors (Lipinski definition) is 3. The number of nitrogens with zero attached hydrogens (tertiary/aromatic N) is 1. The van der Waals surface area contributed by atoms with Crippen LogP contribution in [0.2, 0.25) is 0 Å². The molecule has 4 amide bonds. The van der Waals surface area contributed by atoms with Crippen LogP contribution in [-0.2, 0) is 29.5 Å². The van der Waals surface area contributed by atoms with Crippen molar-refractivity contribution in [3.05, 3.63) is 41.6 Å². The Morgan fingerprint density at radius 3 is 2.62 bits per heavy atom. The zero-order valence-electron chi connectivity index (χ0n) is 16.5. The number of allylic oxidation sites excluding steroid dienone is 1.